The van der Waals surface area contributed by atoms with Gasteiger partial charge in [-0.3, -0.25) is 4.79 Å². The summed E-state index contributed by atoms with van der Waals surface area (Å²) in [5.74, 6) is -0.396. The molecule has 0 saturated carbocycles. The number of aliphatic hydroxyl groups excluding tert-OH is 1. The van der Waals surface area contributed by atoms with Crippen LogP contribution >= 0.6 is 0 Å². The van der Waals surface area contributed by atoms with Crippen LogP contribution in [0.1, 0.15) is 119 Å². The van der Waals surface area contributed by atoms with Crippen molar-refractivity contribution in [2.45, 2.75) is 136 Å². The minimum Gasteiger partial charge on any atom is -0.481 e. The van der Waals surface area contributed by atoms with Gasteiger partial charge in [0, 0.05) is 5.92 Å². The molecule has 0 spiro atoms. The lowest BCUT2D eigenvalue weighted by molar-refractivity contribution is -0.141. The van der Waals surface area contributed by atoms with E-state index in [1.165, 1.54) is 16.7 Å². The standard InChI is InChI=1S/C29H52O5/c1-20(13-14-25-19-26(30)24(5)22(3)23(25)4)11-8-15-28(6,33)17-10-18-29(7,34)16-9-12-21(2)27(31)32/h19-21,24,26,30,33-34H,8-18H2,1-7H3,(H,31,32). The number of rotatable bonds is 16. The number of carbonyl (C=O) groups is 1. The Morgan fingerprint density at radius 2 is 1.44 bits per heavy atom. The Kier molecular flexibility index (Phi) is 12.5. The van der Waals surface area contributed by atoms with Gasteiger partial charge in [0.15, 0.2) is 0 Å². The Morgan fingerprint density at radius 1 is 0.941 bits per heavy atom. The summed E-state index contributed by atoms with van der Waals surface area (Å²) in [6.45, 7) is 14.1. The van der Waals surface area contributed by atoms with Crippen molar-refractivity contribution in [3.05, 3.63) is 22.8 Å². The van der Waals surface area contributed by atoms with Crippen LogP contribution in [0.15, 0.2) is 22.8 Å². The number of carboxylic acids is 1. The average molecular weight is 481 g/mol. The first kappa shape index (κ1) is 30.9. The van der Waals surface area contributed by atoms with E-state index in [4.69, 9.17) is 5.11 Å². The Hall–Kier alpha value is -1.17. The smallest absolute Gasteiger partial charge is 0.306 e. The molecule has 0 aromatic rings. The molecule has 0 amide bonds. The third-order valence-electron chi connectivity index (χ3n) is 8.16. The highest BCUT2D eigenvalue weighted by atomic mass is 16.4. The van der Waals surface area contributed by atoms with Gasteiger partial charge in [0.2, 0.25) is 0 Å². The largest absolute Gasteiger partial charge is 0.481 e. The van der Waals surface area contributed by atoms with E-state index < -0.39 is 17.2 Å². The summed E-state index contributed by atoms with van der Waals surface area (Å²) in [5, 5.41) is 40.6. The summed E-state index contributed by atoms with van der Waals surface area (Å²) in [5.41, 5.74) is 2.37. The fourth-order valence-corrected chi connectivity index (χ4v) is 4.99. The van der Waals surface area contributed by atoms with E-state index >= 15 is 0 Å². The van der Waals surface area contributed by atoms with Crippen LogP contribution in [0, 0.1) is 17.8 Å². The minimum atomic E-state index is -0.813. The Morgan fingerprint density at radius 3 is 1.97 bits per heavy atom. The Labute approximate surface area is 208 Å². The second kappa shape index (κ2) is 13.8. The van der Waals surface area contributed by atoms with Crippen molar-refractivity contribution in [3.63, 3.8) is 0 Å². The number of aliphatic hydroxyl groups is 3. The summed E-state index contributed by atoms with van der Waals surface area (Å²) in [6.07, 6.45) is 10.4. The first-order valence-corrected chi connectivity index (χ1v) is 13.4. The molecule has 1 rings (SSSR count). The molecule has 0 aromatic carbocycles. The van der Waals surface area contributed by atoms with Gasteiger partial charge in [0.05, 0.1) is 23.2 Å². The molecule has 1 aliphatic carbocycles. The lowest BCUT2D eigenvalue weighted by atomic mass is 9.81. The molecule has 1 aliphatic rings. The molecule has 0 fully saturated rings. The van der Waals surface area contributed by atoms with Crippen molar-refractivity contribution >= 4 is 5.97 Å². The summed E-state index contributed by atoms with van der Waals surface area (Å²) >= 11 is 0. The van der Waals surface area contributed by atoms with Gasteiger partial charge >= 0.3 is 5.97 Å². The van der Waals surface area contributed by atoms with Crippen molar-refractivity contribution < 1.29 is 25.2 Å². The molecular formula is C29H52O5. The van der Waals surface area contributed by atoms with E-state index in [0.29, 0.717) is 38.0 Å². The van der Waals surface area contributed by atoms with Crippen LogP contribution in [-0.2, 0) is 4.79 Å². The zero-order chi connectivity index (χ0) is 26.1. The zero-order valence-electron chi connectivity index (χ0n) is 22.9. The lowest BCUT2D eigenvalue weighted by Gasteiger charge is -2.28. The third kappa shape index (κ3) is 11.0. The molecule has 0 aromatic heterocycles. The summed E-state index contributed by atoms with van der Waals surface area (Å²) in [7, 11) is 0. The van der Waals surface area contributed by atoms with Crippen molar-refractivity contribution in [2.75, 3.05) is 0 Å². The topological polar surface area (TPSA) is 98.0 Å². The maximum Gasteiger partial charge on any atom is 0.306 e. The normalized spacial score (nSPS) is 24.2. The molecule has 4 N–H and O–H groups in total. The second-order valence-corrected chi connectivity index (χ2v) is 11.8. The van der Waals surface area contributed by atoms with Gasteiger partial charge in [-0.05, 0) is 103 Å². The van der Waals surface area contributed by atoms with Gasteiger partial charge in [-0.2, -0.15) is 0 Å². The van der Waals surface area contributed by atoms with E-state index in [1.807, 2.05) is 19.9 Å². The predicted molar refractivity (Wildman–Crippen MR) is 140 cm³/mol. The van der Waals surface area contributed by atoms with Crippen molar-refractivity contribution in [2.24, 2.45) is 17.8 Å². The minimum absolute atomic E-state index is 0.202. The maximum absolute atomic E-state index is 10.9. The Bertz CT molecular complexity index is 703. The zero-order valence-corrected chi connectivity index (χ0v) is 22.9. The molecule has 0 radical (unpaired) electrons. The highest BCUT2D eigenvalue weighted by Gasteiger charge is 2.26. The van der Waals surface area contributed by atoms with E-state index in [1.54, 1.807) is 6.92 Å². The summed E-state index contributed by atoms with van der Waals surface area (Å²) < 4.78 is 0. The highest BCUT2D eigenvalue weighted by Crippen LogP contribution is 2.33. The second-order valence-electron chi connectivity index (χ2n) is 11.8. The first-order chi connectivity index (χ1) is 15.6. The molecule has 6 unspecified atom stereocenters. The van der Waals surface area contributed by atoms with Gasteiger partial charge in [-0.1, -0.05) is 45.3 Å². The fraction of sp³-hybridized carbons (Fsp3) is 0.828. The molecule has 0 heterocycles. The lowest BCUT2D eigenvalue weighted by Crippen LogP contribution is -2.28. The van der Waals surface area contributed by atoms with Gasteiger partial charge in [0.1, 0.15) is 0 Å². The van der Waals surface area contributed by atoms with Crippen LogP contribution in [0.2, 0.25) is 0 Å². The van der Waals surface area contributed by atoms with Crippen LogP contribution in [-0.4, -0.2) is 43.7 Å². The predicted octanol–water partition coefficient (Wildman–Crippen LogP) is 6.41. The van der Waals surface area contributed by atoms with Gasteiger partial charge < -0.3 is 20.4 Å². The molecule has 0 bridgehead atoms. The SMILES string of the molecule is CC1=C(C)C(C)C(O)C=C1CCC(C)CCCC(C)(O)CCCC(C)(O)CCCC(C)C(=O)O. The molecule has 5 heteroatoms. The molecule has 6 atom stereocenters. The summed E-state index contributed by atoms with van der Waals surface area (Å²) in [4.78, 5) is 10.9. The van der Waals surface area contributed by atoms with Crippen LogP contribution in [0.3, 0.4) is 0 Å². The average Bonchev–Trinajstić information content (AvgIpc) is 2.73. The molecular weight excluding hydrogens is 428 g/mol. The van der Waals surface area contributed by atoms with Crippen molar-refractivity contribution in [1.82, 2.24) is 0 Å². The van der Waals surface area contributed by atoms with E-state index in [9.17, 15) is 20.1 Å². The third-order valence-corrected chi connectivity index (χ3v) is 8.16. The maximum atomic E-state index is 10.9. The molecule has 0 saturated heterocycles. The number of carboxylic acid groups (broad SMARTS) is 1. The van der Waals surface area contributed by atoms with E-state index in [2.05, 4.69) is 27.7 Å². The van der Waals surface area contributed by atoms with Crippen LogP contribution < -0.4 is 0 Å². The highest BCUT2D eigenvalue weighted by molar-refractivity contribution is 5.69. The van der Waals surface area contributed by atoms with Gasteiger partial charge in [-0.25, -0.2) is 0 Å². The fourth-order valence-electron chi connectivity index (χ4n) is 4.99. The number of allylic oxidation sites excluding steroid dienone is 2. The van der Waals surface area contributed by atoms with E-state index in [0.717, 1.165) is 38.5 Å². The monoisotopic (exact) mass is 480 g/mol. The van der Waals surface area contributed by atoms with E-state index in [-0.39, 0.29) is 17.9 Å². The van der Waals surface area contributed by atoms with Crippen molar-refractivity contribution in [3.8, 4) is 0 Å². The van der Waals surface area contributed by atoms with Gasteiger partial charge in [-0.15, -0.1) is 0 Å². The number of hydrogen-bond donors (Lipinski definition) is 4. The van der Waals surface area contributed by atoms with Crippen LogP contribution in [0.25, 0.3) is 0 Å². The molecule has 0 aliphatic heterocycles. The number of hydrogen-bond acceptors (Lipinski definition) is 4. The number of aliphatic carboxylic acids is 1. The van der Waals surface area contributed by atoms with Crippen LogP contribution in [0.4, 0.5) is 0 Å². The summed E-state index contributed by atoms with van der Waals surface area (Å²) in [6, 6.07) is 0. The van der Waals surface area contributed by atoms with Crippen LogP contribution in [0.5, 0.6) is 0 Å². The first-order valence-electron chi connectivity index (χ1n) is 13.4. The molecule has 198 valence electrons. The Balaban J connectivity index is 2.30. The molecule has 34 heavy (non-hydrogen) atoms. The van der Waals surface area contributed by atoms with Crippen molar-refractivity contribution in [1.29, 1.82) is 0 Å². The van der Waals surface area contributed by atoms with Gasteiger partial charge in [0.25, 0.3) is 0 Å². The quantitative estimate of drug-likeness (QED) is 0.205. The molecule has 5 nitrogen and oxygen atoms in total.